The van der Waals surface area contributed by atoms with Gasteiger partial charge in [0, 0.05) is 23.9 Å². The zero-order chi connectivity index (χ0) is 13.9. The lowest BCUT2D eigenvalue weighted by molar-refractivity contribution is 0.429. The van der Waals surface area contributed by atoms with Crippen LogP contribution in [0.1, 0.15) is 29.2 Å². The summed E-state index contributed by atoms with van der Waals surface area (Å²) in [5.41, 5.74) is 6.46. The highest BCUT2D eigenvalue weighted by atomic mass is 19.1. The van der Waals surface area contributed by atoms with Crippen molar-refractivity contribution in [3.8, 4) is 0 Å². The van der Waals surface area contributed by atoms with Crippen LogP contribution < -0.4 is 11.3 Å². The van der Waals surface area contributed by atoms with Gasteiger partial charge in [-0.25, -0.2) is 4.39 Å². The summed E-state index contributed by atoms with van der Waals surface area (Å²) in [6, 6.07) is 10.8. The fourth-order valence-electron chi connectivity index (χ4n) is 3.03. The van der Waals surface area contributed by atoms with Crippen LogP contribution in [0.25, 0.3) is 0 Å². The Morgan fingerprint density at radius 1 is 1.30 bits per heavy atom. The highest BCUT2D eigenvalue weighted by Crippen LogP contribution is 2.34. The first kappa shape index (κ1) is 13.2. The van der Waals surface area contributed by atoms with Gasteiger partial charge in [-0.15, -0.1) is 0 Å². The molecule has 2 atom stereocenters. The topological polar surface area (TPSA) is 50.9 Å². The number of nitrogens with two attached hydrogens (primary N) is 1. The molecule has 4 heteroatoms. The highest BCUT2D eigenvalue weighted by molar-refractivity contribution is 5.31. The summed E-state index contributed by atoms with van der Waals surface area (Å²) in [6.45, 7) is 0. The number of fused-ring (bicyclic) bond motifs is 1. The van der Waals surface area contributed by atoms with Crippen molar-refractivity contribution >= 4 is 0 Å². The van der Waals surface area contributed by atoms with Crippen LogP contribution in [0.4, 0.5) is 4.39 Å². The predicted octanol–water partition coefficient (Wildman–Crippen LogP) is 2.33. The molecule has 0 saturated carbocycles. The van der Waals surface area contributed by atoms with Crippen molar-refractivity contribution in [2.45, 2.75) is 31.2 Å². The highest BCUT2D eigenvalue weighted by Gasteiger charge is 2.30. The smallest absolute Gasteiger partial charge is 0.123 e. The maximum atomic E-state index is 13.0. The Kier molecular flexibility index (Phi) is 3.76. The summed E-state index contributed by atoms with van der Waals surface area (Å²) in [5, 5.41) is 0. The molecule has 3 N–H and O–H groups in total. The van der Waals surface area contributed by atoms with Crippen molar-refractivity contribution in [2.24, 2.45) is 5.84 Å². The van der Waals surface area contributed by atoms with E-state index in [1.807, 2.05) is 24.4 Å². The zero-order valence-electron chi connectivity index (χ0n) is 11.2. The molecule has 2 aromatic rings. The molecule has 20 heavy (non-hydrogen) atoms. The van der Waals surface area contributed by atoms with Gasteiger partial charge in [-0.2, -0.15) is 0 Å². The van der Waals surface area contributed by atoms with Crippen LogP contribution in [0.2, 0.25) is 0 Å². The van der Waals surface area contributed by atoms with Crippen LogP contribution in [0, 0.1) is 5.82 Å². The number of benzene rings is 1. The summed E-state index contributed by atoms with van der Waals surface area (Å²) in [4.78, 5) is 4.51. The Hall–Kier alpha value is -1.78. The van der Waals surface area contributed by atoms with E-state index in [9.17, 15) is 4.39 Å². The lowest BCUT2D eigenvalue weighted by Gasteiger charge is -2.23. The number of hydrogen-bond donors (Lipinski definition) is 2. The first-order chi connectivity index (χ1) is 9.78. The minimum absolute atomic E-state index is 0.122. The first-order valence-electron chi connectivity index (χ1n) is 6.92. The number of aryl methyl sites for hydroxylation is 1. The lowest BCUT2D eigenvalue weighted by Crippen LogP contribution is -2.41. The molecule has 2 unspecified atom stereocenters. The van der Waals surface area contributed by atoms with Crippen LogP contribution in [0.3, 0.4) is 0 Å². The van der Waals surface area contributed by atoms with E-state index in [0.717, 1.165) is 30.5 Å². The zero-order valence-corrected chi connectivity index (χ0v) is 11.2. The molecule has 1 aromatic carbocycles. The third-order valence-electron chi connectivity index (χ3n) is 4.07. The largest absolute Gasteiger partial charge is 0.271 e. The van der Waals surface area contributed by atoms with Crippen molar-refractivity contribution in [3.63, 3.8) is 0 Å². The fourth-order valence-corrected chi connectivity index (χ4v) is 3.03. The molecule has 0 amide bonds. The second-order valence-electron chi connectivity index (χ2n) is 5.30. The molecular formula is C16H18FN3. The summed E-state index contributed by atoms with van der Waals surface area (Å²) >= 11 is 0. The van der Waals surface area contributed by atoms with Gasteiger partial charge < -0.3 is 0 Å². The van der Waals surface area contributed by atoms with Gasteiger partial charge in [-0.1, -0.05) is 18.2 Å². The van der Waals surface area contributed by atoms with Crippen LogP contribution in [-0.2, 0) is 12.8 Å². The van der Waals surface area contributed by atoms with Crippen LogP contribution in [0.15, 0.2) is 42.6 Å². The molecule has 3 nitrogen and oxygen atoms in total. The molecule has 0 bridgehead atoms. The maximum Gasteiger partial charge on any atom is 0.123 e. The molecular weight excluding hydrogens is 253 g/mol. The Morgan fingerprint density at radius 2 is 2.10 bits per heavy atom. The van der Waals surface area contributed by atoms with Gasteiger partial charge in [0.15, 0.2) is 0 Å². The van der Waals surface area contributed by atoms with E-state index in [-0.39, 0.29) is 11.9 Å². The normalized spacial score (nSPS) is 18.8. The molecule has 1 aliphatic carbocycles. The Bertz CT molecular complexity index is 583. The Morgan fingerprint density at radius 3 is 2.85 bits per heavy atom. The molecule has 0 aliphatic heterocycles. The van der Waals surface area contributed by atoms with Gasteiger partial charge in [-0.05, 0) is 48.6 Å². The number of nitrogens with zero attached hydrogens (tertiary/aromatic N) is 1. The molecule has 0 saturated heterocycles. The van der Waals surface area contributed by atoms with Gasteiger partial charge in [0.25, 0.3) is 0 Å². The summed E-state index contributed by atoms with van der Waals surface area (Å²) in [6.07, 6.45) is 4.72. The van der Waals surface area contributed by atoms with Crippen molar-refractivity contribution < 1.29 is 4.39 Å². The summed E-state index contributed by atoms with van der Waals surface area (Å²) in [5.74, 6) is 5.85. The number of hydrazine groups is 1. The summed E-state index contributed by atoms with van der Waals surface area (Å²) in [7, 11) is 0. The molecule has 0 radical (unpaired) electrons. The van der Waals surface area contributed by atoms with E-state index in [4.69, 9.17) is 5.84 Å². The third kappa shape index (κ3) is 2.57. The quantitative estimate of drug-likeness (QED) is 0.663. The van der Waals surface area contributed by atoms with Crippen LogP contribution in [0.5, 0.6) is 0 Å². The third-order valence-corrected chi connectivity index (χ3v) is 4.07. The molecule has 0 fully saturated rings. The SMILES string of the molecule is NNC(Cc1ccc(F)cc1)C1CCc2cccnc21. The maximum absolute atomic E-state index is 13.0. The molecule has 104 valence electrons. The van der Waals surface area contributed by atoms with Crippen molar-refractivity contribution in [1.82, 2.24) is 10.4 Å². The average molecular weight is 271 g/mol. The monoisotopic (exact) mass is 271 g/mol. The number of aromatic nitrogens is 1. The molecule has 1 aliphatic rings. The number of halogens is 1. The molecule has 1 aromatic heterocycles. The fraction of sp³-hybridized carbons (Fsp3) is 0.312. The molecule has 0 spiro atoms. The van der Waals surface area contributed by atoms with Gasteiger partial charge in [-0.3, -0.25) is 16.3 Å². The Labute approximate surface area is 118 Å². The Balaban J connectivity index is 1.79. The number of hydrogen-bond acceptors (Lipinski definition) is 3. The van der Waals surface area contributed by atoms with Gasteiger partial charge in [0.05, 0.1) is 0 Å². The number of rotatable bonds is 4. The minimum Gasteiger partial charge on any atom is -0.271 e. The van der Waals surface area contributed by atoms with Gasteiger partial charge >= 0.3 is 0 Å². The minimum atomic E-state index is -0.209. The van der Waals surface area contributed by atoms with Crippen molar-refractivity contribution in [3.05, 3.63) is 65.2 Å². The van der Waals surface area contributed by atoms with Gasteiger partial charge in [0.2, 0.25) is 0 Å². The van der Waals surface area contributed by atoms with Crippen molar-refractivity contribution in [1.29, 1.82) is 0 Å². The first-order valence-corrected chi connectivity index (χ1v) is 6.92. The van der Waals surface area contributed by atoms with Crippen LogP contribution in [-0.4, -0.2) is 11.0 Å². The van der Waals surface area contributed by atoms with E-state index < -0.39 is 0 Å². The standard InChI is InChI=1S/C16H18FN3/c17-13-6-3-11(4-7-13)10-15(20-18)14-8-5-12-2-1-9-19-16(12)14/h1-4,6-7,9,14-15,20H,5,8,10,18H2. The van der Waals surface area contributed by atoms with E-state index in [2.05, 4.69) is 16.5 Å². The number of pyridine rings is 1. The van der Waals surface area contributed by atoms with Gasteiger partial charge in [0.1, 0.15) is 5.82 Å². The molecule has 3 rings (SSSR count). The molecule has 1 heterocycles. The average Bonchev–Trinajstić information content (AvgIpc) is 2.91. The van der Waals surface area contributed by atoms with Crippen LogP contribution >= 0.6 is 0 Å². The van der Waals surface area contributed by atoms with Crippen molar-refractivity contribution in [2.75, 3.05) is 0 Å². The van der Waals surface area contributed by atoms with E-state index in [0.29, 0.717) is 5.92 Å². The van der Waals surface area contributed by atoms with E-state index in [1.54, 1.807) is 0 Å². The second-order valence-corrected chi connectivity index (χ2v) is 5.30. The number of nitrogens with one attached hydrogen (secondary N) is 1. The van der Waals surface area contributed by atoms with E-state index in [1.165, 1.54) is 17.7 Å². The lowest BCUT2D eigenvalue weighted by atomic mass is 9.92. The summed E-state index contributed by atoms with van der Waals surface area (Å²) < 4.78 is 13.0. The predicted molar refractivity (Wildman–Crippen MR) is 76.5 cm³/mol. The van der Waals surface area contributed by atoms with E-state index >= 15 is 0 Å². The second kappa shape index (κ2) is 5.69.